The minimum atomic E-state index is 0.732. The van der Waals surface area contributed by atoms with Crippen LogP contribution in [0.1, 0.15) is 37.7 Å². The van der Waals surface area contributed by atoms with Gasteiger partial charge in [0.15, 0.2) is 0 Å². The molecule has 1 aromatic carbocycles. The number of rotatable bonds is 7. The molecule has 0 radical (unpaired) electrons. The fraction of sp³-hybridized carbons (Fsp3) is 0.684. The standard InChI is InChI=1S/C19H29NO/c1-20-13-15(11-17-5-3-4-6-19(17)21-2)12-18-10-14-7-8-16(18)9-14/h3-6,14-16,18,20H,7-13H2,1-2H3. The van der Waals surface area contributed by atoms with Crippen LogP contribution in [0.3, 0.4) is 0 Å². The summed E-state index contributed by atoms with van der Waals surface area (Å²) >= 11 is 0. The summed E-state index contributed by atoms with van der Waals surface area (Å²) in [7, 11) is 3.86. The predicted octanol–water partition coefficient (Wildman–Crippen LogP) is 3.90. The first kappa shape index (κ1) is 14.9. The number of methoxy groups -OCH3 is 1. The third-order valence-corrected chi connectivity index (χ3v) is 5.71. The van der Waals surface area contributed by atoms with E-state index in [4.69, 9.17) is 4.74 Å². The Bertz CT molecular complexity index is 459. The lowest BCUT2D eigenvalue weighted by atomic mass is 9.80. The van der Waals surface area contributed by atoms with E-state index in [-0.39, 0.29) is 0 Å². The van der Waals surface area contributed by atoms with Gasteiger partial charge in [-0.25, -0.2) is 0 Å². The number of nitrogens with one attached hydrogen (secondary N) is 1. The molecule has 0 amide bonds. The maximum absolute atomic E-state index is 5.52. The van der Waals surface area contributed by atoms with Gasteiger partial charge in [0.05, 0.1) is 7.11 Å². The van der Waals surface area contributed by atoms with Crippen LogP contribution in [0.15, 0.2) is 24.3 Å². The minimum absolute atomic E-state index is 0.732. The van der Waals surface area contributed by atoms with E-state index in [1.54, 1.807) is 7.11 Å². The molecule has 2 aliphatic rings. The van der Waals surface area contributed by atoms with Crippen LogP contribution < -0.4 is 10.1 Å². The van der Waals surface area contributed by atoms with E-state index in [0.29, 0.717) is 0 Å². The van der Waals surface area contributed by atoms with Gasteiger partial charge in [0.25, 0.3) is 0 Å². The number of hydrogen-bond donors (Lipinski definition) is 1. The number of benzene rings is 1. The van der Waals surface area contributed by atoms with Crippen molar-refractivity contribution in [1.29, 1.82) is 0 Å². The van der Waals surface area contributed by atoms with E-state index in [1.165, 1.54) is 37.7 Å². The summed E-state index contributed by atoms with van der Waals surface area (Å²) in [5.41, 5.74) is 1.36. The van der Waals surface area contributed by atoms with Crippen LogP contribution in [0.5, 0.6) is 5.75 Å². The highest BCUT2D eigenvalue weighted by atomic mass is 16.5. The molecule has 2 nitrogen and oxygen atoms in total. The van der Waals surface area contributed by atoms with Crippen molar-refractivity contribution in [2.45, 2.75) is 38.5 Å². The molecule has 2 bridgehead atoms. The molecule has 3 rings (SSSR count). The molecule has 0 aromatic heterocycles. The normalized spacial score (nSPS) is 28.8. The van der Waals surface area contributed by atoms with E-state index in [2.05, 4.69) is 36.6 Å². The zero-order chi connectivity index (χ0) is 14.7. The summed E-state index contributed by atoms with van der Waals surface area (Å²) in [4.78, 5) is 0. The molecule has 2 aliphatic carbocycles. The van der Waals surface area contributed by atoms with E-state index in [0.717, 1.165) is 42.4 Å². The van der Waals surface area contributed by atoms with Crippen LogP contribution in [-0.4, -0.2) is 20.7 Å². The van der Waals surface area contributed by atoms with Crippen LogP contribution in [0.2, 0.25) is 0 Å². The Morgan fingerprint density at radius 2 is 2.10 bits per heavy atom. The molecule has 0 spiro atoms. The third-order valence-electron chi connectivity index (χ3n) is 5.71. The van der Waals surface area contributed by atoms with Gasteiger partial charge in [0.1, 0.15) is 5.75 Å². The predicted molar refractivity (Wildman–Crippen MR) is 87.7 cm³/mol. The van der Waals surface area contributed by atoms with Gasteiger partial charge >= 0.3 is 0 Å². The smallest absolute Gasteiger partial charge is 0.122 e. The van der Waals surface area contributed by atoms with Gasteiger partial charge in [-0.05, 0) is 81.0 Å². The maximum Gasteiger partial charge on any atom is 0.122 e. The van der Waals surface area contributed by atoms with Crippen molar-refractivity contribution < 1.29 is 4.74 Å². The zero-order valence-electron chi connectivity index (χ0n) is 13.5. The van der Waals surface area contributed by atoms with Crippen LogP contribution in [0, 0.1) is 23.7 Å². The van der Waals surface area contributed by atoms with Gasteiger partial charge in [-0.1, -0.05) is 24.6 Å². The summed E-state index contributed by atoms with van der Waals surface area (Å²) in [6.45, 7) is 1.12. The second kappa shape index (κ2) is 6.83. The summed E-state index contributed by atoms with van der Waals surface area (Å²) in [5.74, 6) is 4.85. The van der Waals surface area contributed by atoms with Crippen molar-refractivity contribution >= 4 is 0 Å². The molecule has 116 valence electrons. The first-order chi connectivity index (χ1) is 10.3. The van der Waals surface area contributed by atoms with Crippen LogP contribution in [0.4, 0.5) is 0 Å². The highest BCUT2D eigenvalue weighted by Crippen LogP contribution is 2.50. The van der Waals surface area contributed by atoms with Crippen molar-refractivity contribution in [3.05, 3.63) is 29.8 Å². The average Bonchev–Trinajstić information content (AvgIpc) is 3.10. The Morgan fingerprint density at radius 1 is 1.24 bits per heavy atom. The largest absolute Gasteiger partial charge is 0.496 e. The highest BCUT2D eigenvalue weighted by Gasteiger charge is 2.39. The first-order valence-corrected chi connectivity index (χ1v) is 8.56. The molecular weight excluding hydrogens is 258 g/mol. The van der Waals surface area contributed by atoms with Gasteiger partial charge in [0, 0.05) is 0 Å². The van der Waals surface area contributed by atoms with E-state index in [9.17, 15) is 0 Å². The first-order valence-electron chi connectivity index (χ1n) is 8.56. The Balaban J connectivity index is 1.64. The fourth-order valence-electron chi connectivity index (χ4n) is 4.80. The van der Waals surface area contributed by atoms with Crippen molar-refractivity contribution in [1.82, 2.24) is 5.32 Å². The van der Waals surface area contributed by atoms with Crippen LogP contribution in [-0.2, 0) is 6.42 Å². The van der Waals surface area contributed by atoms with Crippen molar-refractivity contribution in [2.75, 3.05) is 20.7 Å². The van der Waals surface area contributed by atoms with E-state index < -0.39 is 0 Å². The van der Waals surface area contributed by atoms with E-state index >= 15 is 0 Å². The van der Waals surface area contributed by atoms with Crippen molar-refractivity contribution in [3.63, 3.8) is 0 Å². The zero-order valence-corrected chi connectivity index (χ0v) is 13.5. The number of hydrogen-bond acceptors (Lipinski definition) is 2. The third kappa shape index (κ3) is 3.42. The number of ether oxygens (including phenoxy) is 1. The molecule has 1 N–H and O–H groups in total. The fourth-order valence-corrected chi connectivity index (χ4v) is 4.80. The summed E-state index contributed by atoms with van der Waals surface area (Å²) in [6.07, 6.45) is 8.54. The summed E-state index contributed by atoms with van der Waals surface area (Å²) < 4.78 is 5.52. The second-order valence-corrected chi connectivity index (χ2v) is 7.11. The van der Waals surface area contributed by atoms with Gasteiger partial charge in [-0.3, -0.25) is 0 Å². The highest BCUT2D eigenvalue weighted by molar-refractivity contribution is 5.33. The van der Waals surface area contributed by atoms with Crippen molar-refractivity contribution in [2.24, 2.45) is 23.7 Å². The topological polar surface area (TPSA) is 21.3 Å². The van der Waals surface area contributed by atoms with Crippen molar-refractivity contribution in [3.8, 4) is 5.75 Å². The molecule has 2 fully saturated rings. The molecule has 0 aliphatic heterocycles. The molecule has 0 saturated heterocycles. The lowest BCUT2D eigenvalue weighted by molar-refractivity contribution is 0.262. The van der Waals surface area contributed by atoms with Gasteiger partial charge in [0.2, 0.25) is 0 Å². The Morgan fingerprint density at radius 3 is 2.76 bits per heavy atom. The molecule has 0 heterocycles. The lowest BCUT2D eigenvalue weighted by Crippen LogP contribution is -2.25. The number of fused-ring (bicyclic) bond motifs is 2. The summed E-state index contributed by atoms with van der Waals surface area (Å²) in [6, 6.07) is 8.50. The molecule has 1 aromatic rings. The van der Waals surface area contributed by atoms with Gasteiger partial charge in [-0.15, -0.1) is 0 Å². The SMILES string of the molecule is CNCC(Cc1ccccc1OC)CC1CC2CCC1C2. The van der Waals surface area contributed by atoms with Crippen LogP contribution >= 0.6 is 0 Å². The minimum Gasteiger partial charge on any atom is -0.496 e. The number of para-hydroxylation sites is 1. The molecule has 2 heteroatoms. The Labute approximate surface area is 129 Å². The summed E-state index contributed by atoms with van der Waals surface area (Å²) in [5, 5.41) is 3.40. The monoisotopic (exact) mass is 287 g/mol. The molecule has 4 atom stereocenters. The van der Waals surface area contributed by atoms with Crippen LogP contribution in [0.25, 0.3) is 0 Å². The average molecular weight is 287 g/mol. The van der Waals surface area contributed by atoms with E-state index in [1.807, 2.05) is 0 Å². The second-order valence-electron chi connectivity index (χ2n) is 7.11. The van der Waals surface area contributed by atoms with Gasteiger partial charge < -0.3 is 10.1 Å². The maximum atomic E-state index is 5.52. The van der Waals surface area contributed by atoms with Gasteiger partial charge in [-0.2, -0.15) is 0 Å². The lowest BCUT2D eigenvalue weighted by Gasteiger charge is -2.27. The quantitative estimate of drug-likeness (QED) is 0.821. The molecular formula is C19H29NO. The molecule has 2 saturated carbocycles. The Kier molecular flexibility index (Phi) is 4.84. The molecule has 21 heavy (non-hydrogen) atoms. The Hall–Kier alpha value is -1.02. The molecule has 4 unspecified atom stereocenters.